The second-order valence-corrected chi connectivity index (χ2v) is 3.73. The fourth-order valence-electron chi connectivity index (χ4n) is 1.23. The van der Waals surface area contributed by atoms with Crippen LogP contribution >= 0.6 is 0 Å². The first-order valence-corrected chi connectivity index (χ1v) is 5.03. The number of benzene rings is 1. The highest BCUT2D eigenvalue weighted by atomic mass is 19.4. The number of rotatable bonds is 3. The molecule has 0 spiro atoms. The summed E-state index contributed by atoms with van der Waals surface area (Å²) >= 11 is 0. The Labute approximate surface area is 105 Å². The topological polar surface area (TPSA) is 66.4 Å². The van der Waals surface area contributed by atoms with Gasteiger partial charge in [0.1, 0.15) is 11.9 Å². The highest BCUT2D eigenvalue weighted by Crippen LogP contribution is 2.31. The summed E-state index contributed by atoms with van der Waals surface area (Å²) in [5.74, 6) is -3.88. The predicted octanol–water partition coefficient (Wildman–Crippen LogP) is 2.05. The highest BCUT2D eigenvalue weighted by molar-refractivity contribution is 5.96. The van der Waals surface area contributed by atoms with E-state index >= 15 is 0 Å². The van der Waals surface area contributed by atoms with Gasteiger partial charge in [-0.25, -0.2) is 4.39 Å². The molecule has 0 saturated heterocycles. The van der Waals surface area contributed by atoms with Crippen molar-refractivity contribution in [3.63, 3.8) is 0 Å². The molecule has 1 aromatic carbocycles. The number of amides is 1. The van der Waals surface area contributed by atoms with Gasteiger partial charge in [-0.2, -0.15) is 13.2 Å². The Morgan fingerprint density at radius 2 is 1.89 bits per heavy atom. The molecule has 0 aromatic heterocycles. The second kappa shape index (κ2) is 5.25. The van der Waals surface area contributed by atoms with Crippen LogP contribution in [0.4, 0.5) is 17.6 Å². The van der Waals surface area contributed by atoms with E-state index in [1.54, 1.807) is 0 Å². The van der Waals surface area contributed by atoms with Gasteiger partial charge >= 0.3 is 12.1 Å². The van der Waals surface area contributed by atoms with E-state index in [1.165, 1.54) is 6.92 Å². The molecule has 1 aromatic rings. The largest absolute Gasteiger partial charge is 0.480 e. The number of hydrogen-bond acceptors (Lipinski definition) is 2. The van der Waals surface area contributed by atoms with E-state index in [4.69, 9.17) is 5.11 Å². The molecule has 1 rings (SSSR count). The number of hydrogen-bond donors (Lipinski definition) is 2. The third kappa shape index (κ3) is 3.67. The van der Waals surface area contributed by atoms with Crippen LogP contribution in [0.3, 0.4) is 0 Å². The molecule has 0 fully saturated rings. The molecule has 8 heteroatoms. The maximum atomic E-state index is 13.2. The molecule has 0 aliphatic carbocycles. The van der Waals surface area contributed by atoms with Crippen LogP contribution in [0.25, 0.3) is 0 Å². The summed E-state index contributed by atoms with van der Waals surface area (Å²) in [6.07, 6.45) is -4.85. The van der Waals surface area contributed by atoms with Crippen LogP contribution < -0.4 is 5.32 Å². The summed E-state index contributed by atoms with van der Waals surface area (Å²) in [6.45, 7) is 1.17. The van der Waals surface area contributed by atoms with Crippen LogP contribution in [0.5, 0.6) is 0 Å². The summed E-state index contributed by atoms with van der Waals surface area (Å²) in [6, 6.07) is 0.371. The van der Waals surface area contributed by atoms with Crippen molar-refractivity contribution in [1.82, 2.24) is 5.32 Å². The Morgan fingerprint density at radius 1 is 1.32 bits per heavy atom. The van der Waals surface area contributed by atoms with Crippen LogP contribution in [0.15, 0.2) is 18.2 Å². The van der Waals surface area contributed by atoms with E-state index in [-0.39, 0.29) is 0 Å². The lowest BCUT2D eigenvalue weighted by atomic mass is 10.1. The molecule has 0 saturated carbocycles. The van der Waals surface area contributed by atoms with E-state index in [9.17, 15) is 27.2 Å². The summed E-state index contributed by atoms with van der Waals surface area (Å²) in [5, 5.41) is 10.5. The van der Waals surface area contributed by atoms with Gasteiger partial charge in [-0.05, 0) is 25.1 Å². The zero-order valence-corrected chi connectivity index (χ0v) is 9.58. The summed E-state index contributed by atoms with van der Waals surface area (Å²) < 4.78 is 50.0. The van der Waals surface area contributed by atoms with Gasteiger partial charge in [-0.3, -0.25) is 9.59 Å². The average Bonchev–Trinajstić information content (AvgIpc) is 2.26. The van der Waals surface area contributed by atoms with Crippen molar-refractivity contribution in [1.29, 1.82) is 0 Å². The molecule has 1 amide bonds. The molecule has 1 atom stereocenters. The molecule has 19 heavy (non-hydrogen) atoms. The zero-order valence-electron chi connectivity index (χ0n) is 9.58. The smallest absolute Gasteiger partial charge is 0.419 e. The number of aliphatic carboxylic acids is 1. The van der Waals surface area contributed by atoms with Gasteiger partial charge in [-0.1, -0.05) is 0 Å². The number of halogens is 4. The SMILES string of the molecule is C[C@@H](NC(=O)c1ccc(C(F)(F)F)c(F)c1)C(=O)O. The standard InChI is InChI=1S/C11H9F4NO3/c1-5(10(18)19)16-9(17)6-2-3-7(8(12)4-6)11(13,14)15/h2-5H,1H3,(H,16,17)(H,18,19)/t5-/m1/s1. The predicted molar refractivity (Wildman–Crippen MR) is 56.0 cm³/mol. The normalized spacial score (nSPS) is 12.9. The molecule has 0 unspecified atom stereocenters. The number of alkyl halides is 3. The molecular weight excluding hydrogens is 270 g/mol. The lowest BCUT2D eigenvalue weighted by Crippen LogP contribution is -2.38. The number of carboxylic acid groups (broad SMARTS) is 1. The number of carbonyl (C=O) groups is 2. The Morgan fingerprint density at radius 3 is 2.32 bits per heavy atom. The third-order valence-corrected chi connectivity index (χ3v) is 2.25. The molecule has 0 bridgehead atoms. The van der Waals surface area contributed by atoms with Crippen molar-refractivity contribution in [3.8, 4) is 0 Å². The fraction of sp³-hybridized carbons (Fsp3) is 0.273. The van der Waals surface area contributed by atoms with Gasteiger partial charge in [0.15, 0.2) is 0 Å². The van der Waals surface area contributed by atoms with Crippen LogP contribution in [0.2, 0.25) is 0 Å². The molecule has 2 N–H and O–H groups in total. The van der Waals surface area contributed by atoms with E-state index in [0.29, 0.717) is 12.1 Å². The van der Waals surface area contributed by atoms with E-state index < -0.39 is 41.0 Å². The van der Waals surface area contributed by atoms with Crippen molar-refractivity contribution < 1.29 is 32.3 Å². The van der Waals surface area contributed by atoms with Crippen molar-refractivity contribution in [3.05, 3.63) is 35.1 Å². The average molecular weight is 279 g/mol. The van der Waals surface area contributed by atoms with Crippen molar-refractivity contribution in [2.75, 3.05) is 0 Å². The third-order valence-electron chi connectivity index (χ3n) is 2.25. The van der Waals surface area contributed by atoms with Crippen LogP contribution in [0, 0.1) is 5.82 Å². The molecular formula is C11H9F4NO3. The molecule has 0 radical (unpaired) electrons. The van der Waals surface area contributed by atoms with E-state index in [2.05, 4.69) is 0 Å². The van der Waals surface area contributed by atoms with E-state index in [0.717, 1.165) is 6.07 Å². The monoisotopic (exact) mass is 279 g/mol. The molecule has 0 aliphatic heterocycles. The van der Waals surface area contributed by atoms with Gasteiger partial charge in [0.05, 0.1) is 5.56 Å². The van der Waals surface area contributed by atoms with E-state index in [1.807, 2.05) is 5.32 Å². The van der Waals surface area contributed by atoms with Crippen LogP contribution in [-0.4, -0.2) is 23.0 Å². The van der Waals surface area contributed by atoms with Gasteiger partial charge in [0, 0.05) is 5.56 Å². The maximum absolute atomic E-state index is 13.2. The number of carboxylic acids is 1. The first-order valence-electron chi connectivity index (χ1n) is 5.03. The second-order valence-electron chi connectivity index (χ2n) is 3.73. The molecule has 0 heterocycles. The fourth-order valence-corrected chi connectivity index (χ4v) is 1.23. The highest BCUT2D eigenvalue weighted by Gasteiger charge is 2.34. The lowest BCUT2D eigenvalue weighted by Gasteiger charge is -2.11. The summed E-state index contributed by atoms with van der Waals surface area (Å²) in [7, 11) is 0. The first kappa shape index (κ1) is 14.9. The summed E-state index contributed by atoms with van der Waals surface area (Å²) in [4.78, 5) is 21.9. The number of nitrogens with one attached hydrogen (secondary N) is 1. The minimum absolute atomic E-state index is 0.390. The van der Waals surface area contributed by atoms with Gasteiger partial charge in [-0.15, -0.1) is 0 Å². The quantitative estimate of drug-likeness (QED) is 0.832. The van der Waals surface area contributed by atoms with Crippen molar-refractivity contribution in [2.24, 2.45) is 0 Å². The van der Waals surface area contributed by atoms with Gasteiger partial charge in [0.2, 0.25) is 0 Å². The molecule has 0 aliphatic rings. The van der Waals surface area contributed by atoms with Gasteiger partial charge in [0.25, 0.3) is 5.91 Å². The van der Waals surface area contributed by atoms with Crippen LogP contribution in [0.1, 0.15) is 22.8 Å². The minimum atomic E-state index is -4.85. The Bertz CT molecular complexity index is 513. The molecule has 104 valence electrons. The Hall–Kier alpha value is -2.12. The number of carbonyl (C=O) groups excluding carboxylic acids is 1. The minimum Gasteiger partial charge on any atom is -0.480 e. The van der Waals surface area contributed by atoms with Crippen LogP contribution in [-0.2, 0) is 11.0 Å². The molecule has 4 nitrogen and oxygen atoms in total. The summed E-state index contributed by atoms with van der Waals surface area (Å²) in [5.41, 5.74) is -1.88. The van der Waals surface area contributed by atoms with Gasteiger partial charge < -0.3 is 10.4 Å². The maximum Gasteiger partial charge on any atom is 0.419 e. The zero-order chi connectivity index (χ0) is 14.8. The lowest BCUT2D eigenvalue weighted by molar-refractivity contribution is -0.140. The van der Waals surface area contributed by atoms with Crippen molar-refractivity contribution >= 4 is 11.9 Å². The van der Waals surface area contributed by atoms with Crippen molar-refractivity contribution in [2.45, 2.75) is 19.1 Å². The first-order chi connectivity index (χ1) is 8.62. The Kier molecular flexibility index (Phi) is 4.13. The Balaban J connectivity index is 2.96.